The van der Waals surface area contributed by atoms with Gasteiger partial charge in [0.25, 0.3) is 11.8 Å². The molecule has 0 bridgehead atoms. The second kappa shape index (κ2) is 9.56. The van der Waals surface area contributed by atoms with Crippen LogP contribution in [0.2, 0.25) is 0 Å². The van der Waals surface area contributed by atoms with Crippen molar-refractivity contribution in [2.75, 3.05) is 19.7 Å². The number of hydrogen-bond donors (Lipinski definition) is 9. The van der Waals surface area contributed by atoms with Crippen LogP contribution in [0.4, 0.5) is 0 Å². The van der Waals surface area contributed by atoms with Crippen LogP contribution in [0.5, 0.6) is 5.75 Å². The lowest BCUT2D eigenvalue weighted by molar-refractivity contribution is -0.232. The molecule has 6 rings (SSSR count). The normalized spacial score (nSPS) is 28.2. The zero-order chi connectivity index (χ0) is 30.0. The molecular weight excluding hydrogens is 542 g/mol. The van der Waals surface area contributed by atoms with Crippen molar-refractivity contribution in [2.24, 2.45) is 0 Å². The number of nitrogens with one attached hydrogen (secondary N) is 7. The van der Waals surface area contributed by atoms with Crippen LogP contribution in [-0.4, -0.2) is 93.1 Å². The highest BCUT2D eigenvalue weighted by Gasteiger charge is 2.74. The van der Waals surface area contributed by atoms with Gasteiger partial charge < -0.3 is 46.4 Å². The minimum atomic E-state index is -2.65. The summed E-state index contributed by atoms with van der Waals surface area (Å²) in [6.07, 6.45) is 2.38. The smallest absolute Gasteiger partial charge is 0.269 e. The van der Waals surface area contributed by atoms with Crippen LogP contribution in [-0.2, 0) is 5.41 Å². The van der Waals surface area contributed by atoms with Gasteiger partial charge in [-0.25, -0.2) is 0 Å². The lowest BCUT2D eigenvalue weighted by Gasteiger charge is -2.51. The number of aromatic nitrogens is 1. The minimum Gasteiger partial charge on any atom is -0.492 e. The number of guanidine groups is 2. The number of aliphatic hydroxyl groups is 2. The lowest BCUT2D eigenvalue weighted by atomic mass is 9.79. The largest absolute Gasteiger partial charge is 0.492 e. The van der Waals surface area contributed by atoms with Crippen molar-refractivity contribution in [2.45, 2.75) is 62.2 Å². The average molecular weight is 578 g/mol. The van der Waals surface area contributed by atoms with E-state index in [1.807, 2.05) is 13.0 Å². The molecule has 2 amide bonds. The highest BCUT2D eigenvalue weighted by molar-refractivity contribution is 5.98. The predicted octanol–water partition coefficient (Wildman–Crippen LogP) is -0.926. The molecule has 1 aromatic heterocycles. The van der Waals surface area contributed by atoms with Crippen molar-refractivity contribution >= 4 is 23.7 Å². The van der Waals surface area contributed by atoms with Gasteiger partial charge in [-0.15, -0.1) is 0 Å². The van der Waals surface area contributed by atoms with Crippen molar-refractivity contribution < 1.29 is 24.5 Å². The molecule has 1 spiro atoms. The molecule has 4 atom stereocenters. The Balaban J connectivity index is 1.25. The molecule has 3 fully saturated rings. The molecule has 0 unspecified atom stereocenters. The number of hydrogen-bond acceptors (Lipinski definition) is 8. The van der Waals surface area contributed by atoms with Crippen LogP contribution >= 0.6 is 0 Å². The third kappa shape index (κ3) is 4.12. The Bertz CT molecular complexity index is 1480. The van der Waals surface area contributed by atoms with Gasteiger partial charge >= 0.3 is 0 Å². The molecule has 14 heteroatoms. The quantitative estimate of drug-likeness (QED) is 0.200. The summed E-state index contributed by atoms with van der Waals surface area (Å²) in [5.74, 6) is -3.51. The number of nitrogens with zero attached hydrogens (tertiary/aromatic N) is 2. The molecule has 3 saturated heterocycles. The van der Waals surface area contributed by atoms with Gasteiger partial charge in [0, 0.05) is 24.8 Å². The van der Waals surface area contributed by atoms with Crippen LogP contribution in [0.25, 0.3) is 0 Å². The van der Waals surface area contributed by atoms with Gasteiger partial charge in [0.15, 0.2) is 17.6 Å². The number of pyridine rings is 1. The fourth-order valence-corrected chi connectivity index (χ4v) is 6.43. The van der Waals surface area contributed by atoms with E-state index < -0.39 is 41.4 Å². The minimum absolute atomic E-state index is 0.0185. The SMILES string of the molecule is Cc1ccc(C(=O)NC[C@@H]2NC(=N)N3C[C@H](NC(=O)c4cccc5c4OCCC5(C)C)C(O)(O)[C@@]34NC(=N)N[C@@H]24)nc1. The monoisotopic (exact) mass is 577 g/mol. The van der Waals surface area contributed by atoms with E-state index in [1.165, 1.54) is 4.90 Å². The highest BCUT2D eigenvalue weighted by atomic mass is 16.5. The topological polar surface area (TPSA) is 208 Å². The van der Waals surface area contributed by atoms with E-state index in [0.717, 1.165) is 17.5 Å². The Morgan fingerprint density at radius 3 is 2.69 bits per heavy atom. The van der Waals surface area contributed by atoms with Gasteiger partial charge in [-0.2, -0.15) is 0 Å². The molecule has 5 heterocycles. The van der Waals surface area contributed by atoms with Crippen LogP contribution in [0.3, 0.4) is 0 Å². The van der Waals surface area contributed by atoms with E-state index in [2.05, 4.69) is 45.4 Å². The van der Waals surface area contributed by atoms with E-state index >= 15 is 0 Å². The van der Waals surface area contributed by atoms with Gasteiger partial charge in [-0.3, -0.25) is 25.4 Å². The number of rotatable bonds is 5. The first kappa shape index (κ1) is 27.7. The first-order valence-corrected chi connectivity index (χ1v) is 13.8. The number of ether oxygens (including phenoxy) is 1. The standard InChI is InChI=1S/C28H35N9O5/c1-14-7-8-17(31-11-14)23(39)32-12-18-21-27(36-24(29)35-21)28(40,41)19(13-37(27)25(30)33-18)34-22(38)15-5-4-6-16-20(15)42-10-9-26(16,2)3/h4-8,11,18-19,21,40-41H,9-10,12-13H2,1-3H3,(H2,30,33)(H,32,39)(H,34,38)(H3,29,35,36)/t18-,19-,21-,27-/m0/s1. The molecule has 0 saturated carbocycles. The van der Waals surface area contributed by atoms with Crippen molar-refractivity contribution in [1.29, 1.82) is 10.8 Å². The Labute approximate surface area is 242 Å². The Morgan fingerprint density at radius 2 is 1.95 bits per heavy atom. The zero-order valence-corrected chi connectivity index (χ0v) is 23.5. The summed E-state index contributed by atoms with van der Waals surface area (Å²) >= 11 is 0. The fraction of sp³-hybridized carbons (Fsp3) is 0.464. The maximum Gasteiger partial charge on any atom is 0.269 e. The summed E-state index contributed by atoms with van der Waals surface area (Å²) in [5, 5.41) is 54.7. The first-order valence-electron chi connectivity index (χ1n) is 13.8. The van der Waals surface area contributed by atoms with Crippen molar-refractivity contribution in [3.05, 3.63) is 58.9 Å². The van der Waals surface area contributed by atoms with E-state index in [0.29, 0.717) is 12.4 Å². The second-order valence-electron chi connectivity index (χ2n) is 11.9. The molecule has 42 heavy (non-hydrogen) atoms. The maximum absolute atomic E-state index is 13.6. The van der Waals surface area contributed by atoms with Crippen LogP contribution in [0.15, 0.2) is 36.5 Å². The van der Waals surface area contributed by atoms with E-state index in [1.54, 1.807) is 30.5 Å². The summed E-state index contributed by atoms with van der Waals surface area (Å²) in [7, 11) is 0. The summed E-state index contributed by atoms with van der Waals surface area (Å²) < 4.78 is 5.89. The summed E-state index contributed by atoms with van der Waals surface area (Å²) in [6, 6.07) is 5.81. The number of carbonyl (C=O) groups is 2. The predicted molar refractivity (Wildman–Crippen MR) is 151 cm³/mol. The van der Waals surface area contributed by atoms with Crippen LogP contribution in [0, 0.1) is 17.7 Å². The third-order valence-electron chi connectivity index (χ3n) is 8.79. The Morgan fingerprint density at radius 1 is 1.17 bits per heavy atom. The molecule has 222 valence electrons. The van der Waals surface area contributed by atoms with Crippen molar-refractivity contribution in [1.82, 2.24) is 36.5 Å². The molecule has 0 radical (unpaired) electrons. The van der Waals surface area contributed by atoms with Crippen LogP contribution in [0.1, 0.15) is 52.2 Å². The Hall–Kier alpha value is -4.43. The molecule has 0 aliphatic carbocycles. The Kier molecular flexibility index (Phi) is 6.31. The van der Waals surface area contributed by atoms with E-state index in [-0.39, 0.29) is 41.7 Å². The second-order valence-corrected chi connectivity index (χ2v) is 11.9. The number of benzene rings is 1. The molecule has 2 aromatic rings. The number of fused-ring (bicyclic) bond motifs is 1. The number of carbonyl (C=O) groups excluding carboxylic acids is 2. The maximum atomic E-state index is 13.6. The van der Waals surface area contributed by atoms with Crippen LogP contribution < -0.4 is 31.3 Å². The van der Waals surface area contributed by atoms with E-state index in [4.69, 9.17) is 15.6 Å². The summed E-state index contributed by atoms with van der Waals surface area (Å²) in [6.45, 7) is 6.32. The molecule has 1 aromatic carbocycles. The first-order chi connectivity index (χ1) is 19.8. The third-order valence-corrected chi connectivity index (χ3v) is 8.79. The fourth-order valence-electron chi connectivity index (χ4n) is 6.43. The number of aryl methyl sites for hydroxylation is 1. The van der Waals surface area contributed by atoms with Gasteiger partial charge in [0.05, 0.1) is 24.3 Å². The number of amides is 2. The molecule has 9 N–H and O–H groups in total. The molecule has 4 aliphatic rings. The lowest BCUT2D eigenvalue weighted by Crippen LogP contribution is -2.81. The van der Waals surface area contributed by atoms with E-state index in [9.17, 15) is 19.8 Å². The van der Waals surface area contributed by atoms with Gasteiger partial charge in [0.2, 0.25) is 5.79 Å². The average Bonchev–Trinajstić information content (AvgIpc) is 3.41. The summed E-state index contributed by atoms with van der Waals surface area (Å²) in [4.78, 5) is 31.8. The van der Waals surface area contributed by atoms with Gasteiger partial charge in [-0.05, 0) is 36.5 Å². The molecular formula is C28H35N9O5. The molecule has 14 nitrogen and oxygen atoms in total. The highest BCUT2D eigenvalue weighted by Crippen LogP contribution is 2.44. The summed E-state index contributed by atoms with van der Waals surface area (Å²) in [5.41, 5.74) is 0.308. The molecule has 4 aliphatic heterocycles. The number of para-hydroxylation sites is 1. The zero-order valence-electron chi connectivity index (χ0n) is 23.5. The van der Waals surface area contributed by atoms with Gasteiger partial charge in [0.1, 0.15) is 17.5 Å². The van der Waals surface area contributed by atoms with Crippen molar-refractivity contribution in [3.63, 3.8) is 0 Å². The van der Waals surface area contributed by atoms with Gasteiger partial charge in [-0.1, -0.05) is 32.0 Å². The van der Waals surface area contributed by atoms with Crippen molar-refractivity contribution in [3.8, 4) is 5.75 Å².